The molecule has 1 atom stereocenters. The van der Waals surface area contributed by atoms with Crippen LogP contribution in [0.5, 0.6) is 0 Å². The summed E-state index contributed by atoms with van der Waals surface area (Å²) in [7, 11) is 0. The molecule has 2 N–H and O–H groups in total. The van der Waals surface area contributed by atoms with Crippen molar-refractivity contribution in [2.45, 2.75) is 12.5 Å². The topological polar surface area (TPSA) is 43.8 Å². The molecular weight excluding hydrogens is 334 g/mol. The summed E-state index contributed by atoms with van der Waals surface area (Å²) in [5.74, 6) is 0. The molecule has 0 bridgehead atoms. The highest BCUT2D eigenvalue weighted by Gasteiger charge is 2.11. The van der Waals surface area contributed by atoms with Crippen molar-refractivity contribution < 1.29 is 0 Å². The number of hydrogen-bond donors (Lipinski definition) is 1. The summed E-state index contributed by atoms with van der Waals surface area (Å²) in [5, 5.41) is 6.46. The van der Waals surface area contributed by atoms with Gasteiger partial charge in [-0.2, -0.15) is 5.10 Å². The van der Waals surface area contributed by atoms with Crippen LogP contribution in [0.25, 0.3) is 5.69 Å². The Bertz CT molecular complexity index is 690. The van der Waals surface area contributed by atoms with Gasteiger partial charge in [-0.05, 0) is 34.1 Å². The third kappa shape index (κ3) is 3.00. The van der Waals surface area contributed by atoms with Gasteiger partial charge in [0.1, 0.15) is 0 Å². The zero-order valence-corrected chi connectivity index (χ0v) is 13.1. The Morgan fingerprint density at radius 2 is 2.10 bits per heavy atom. The smallest absolute Gasteiger partial charge is 0.0645 e. The van der Waals surface area contributed by atoms with E-state index in [1.54, 1.807) is 11.3 Å². The first-order valence-corrected chi connectivity index (χ1v) is 7.98. The Labute approximate surface area is 130 Å². The van der Waals surface area contributed by atoms with Crippen molar-refractivity contribution in [1.82, 2.24) is 9.78 Å². The predicted molar refractivity (Wildman–Crippen MR) is 86.2 cm³/mol. The van der Waals surface area contributed by atoms with Crippen molar-refractivity contribution in [1.29, 1.82) is 0 Å². The van der Waals surface area contributed by atoms with Crippen LogP contribution in [-0.2, 0) is 6.42 Å². The number of hydrogen-bond acceptors (Lipinski definition) is 3. The summed E-state index contributed by atoms with van der Waals surface area (Å²) in [6, 6.07) is 12.1. The molecule has 0 radical (unpaired) electrons. The fraction of sp³-hybridized carbons (Fsp3) is 0.133. The van der Waals surface area contributed by atoms with E-state index < -0.39 is 0 Å². The average molecular weight is 348 g/mol. The van der Waals surface area contributed by atoms with Gasteiger partial charge in [0, 0.05) is 39.0 Å². The summed E-state index contributed by atoms with van der Waals surface area (Å²) in [5.41, 5.74) is 8.37. The maximum absolute atomic E-state index is 6.27. The van der Waals surface area contributed by atoms with Gasteiger partial charge in [-0.1, -0.05) is 18.2 Å². The van der Waals surface area contributed by atoms with Crippen LogP contribution in [0.1, 0.15) is 16.5 Å². The van der Waals surface area contributed by atoms with Crippen LogP contribution in [0.15, 0.2) is 58.6 Å². The molecule has 2 aromatic heterocycles. The van der Waals surface area contributed by atoms with Gasteiger partial charge in [0.25, 0.3) is 0 Å². The summed E-state index contributed by atoms with van der Waals surface area (Å²) in [6.07, 6.45) is 4.68. The van der Waals surface area contributed by atoms with E-state index in [2.05, 4.69) is 32.5 Å². The third-order valence-electron chi connectivity index (χ3n) is 3.09. The lowest BCUT2D eigenvalue weighted by Gasteiger charge is -2.07. The molecular formula is C15H14BrN3S. The van der Waals surface area contributed by atoms with Gasteiger partial charge in [-0.15, -0.1) is 11.3 Å². The predicted octanol–water partition coefficient (Wildman–Crippen LogP) is 3.94. The van der Waals surface area contributed by atoms with Crippen molar-refractivity contribution in [3.63, 3.8) is 0 Å². The molecule has 102 valence electrons. The molecule has 0 saturated carbocycles. The zero-order chi connectivity index (χ0) is 13.9. The van der Waals surface area contributed by atoms with E-state index >= 15 is 0 Å². The number of thiophene rings is 1. The standard InChI is InChI=1S/C15H14BrN3S/c16-12-6-14(20-10-12)7-15(17)11-8-18-19(9-11)13-4-2-1-3-5-13/h1-6,8-10,15H,7,17H2. The summed E-state index contributed by atoms with van der Waals surface area (Å²) in [4.78, 5) is 1.27. The highest BCUT2D eigenvalue weighted by atomic mass is 79.9. The van der Waals surface area contributed by atoms with Crippen molar-refractivity contribution >= 4 is 27.3 Å². The molecule has 1 unspecified atom stereocenters. The highest BCUT2D eigenvalue weighted by Crippen LogP contribution is 2.24. The van der Waals surface area contributed by atoms with Gasteiger partial charge < -0.3 is 5.73 Å². The molecule has 3 nitrogen and oxygen atoms in total. The maximum Gasteiger partial charge on any atom is 0.0645 e. The molecule has 3 rings (SSSR count). The van der Waals surface area contributed by atoms with Crippen LogP contribution in [0, 0.1) is 0 Å². The number of aromatic nitrogens is 2. The van der Waals surface area contributed by atoms with Gasteiger partial charge in [0.15, 0.2) is 0 Å². The average Bonchev–Trinajstić information content (AvgIpc) is 3.09. The van der Waals surface area contributed by atoms with Gasteiger partial charge in [-0.3, -0.25) is 0 Å². The quantitative estimate of drug-likeness (QED) is 0.776. The van der Waals surface area contributed by atoms with E-state index in [4.69, 9.17) is 5.73 Å². The van der Waals surface area contributed by atoms with Crippen LogP contribution in [0.3, 0.4) is 0 Å². The lowest BCUT2D eigenvalue weighted by molar-refractivity contribution is 0.729. The van der Waals surface area contributed by atoms with Gasteiger partial charge >= 0.3 is 0 Å². The van der Waals surface area contributed by atoms with E-state index in [1.165, 1.54) is 4.88 Å². The van der Waals surface area contributed by atoms with Crippen LogP contribution in [0.4, 0.5) is 0 Å². The second kappa shape index (κ2) is 5.91. The minimum absolute atomic E-state index is 0.0296. The van der Waals surface area contributed by atoms with E-state index in [9.17, 15) is 0 Å². The van der Waals surface area contributed by atoms with Gasteiger partial charge in [0.2, 0.25) is 0 Å². The van der Waals surface area contributed by atoms with E-state index in [1.807, 2.05) is 47.4 Å². The summed E-state index contributed by atoms with van der Waals surface area (Å²) in [6.45, 7) is 0. The summed E-state index contributed by atoms with van der Waals surface area (Å²) < 4.78 is 2.98. The number of nitrogens with zero attached hydrogens (tertiary/aromatic N) is 2. The Balaban J connectivity index is 1.76. The first-order chi connectivity index (χ1) is 9.72. The molecule has 3 aromatic rings. The molecule has 0 amide bonds. The van der Waals surface area contributed by atoms with Gasteiger partial charge in [-0.25, -0.2) is 4.68 Å². The van der Waals surface area contributed by atoms with Crippen molar-refractivity contribution in [2.24, 2.45) is 5.73 Å². The molecule has 0 spiro atoms. The number of nitrogens with two attached hydrogens (primary N) is 1. The lowest BCUT2D eigenvalue weighted by atomic mass is 10.1. The van der Waals surface area contributed by atoms with Crippen LogP contribution < -0.4 is 5.73 Å². The van der Waals surface area contributed by atoms with Crippen LogP contribution in [0.2, 0.25) is 0 Å². The van der Waals surface area contributed by atoms with Gasteiger partial charge in [0.05, 0.1) is 11.9 Å². The first-order valence-electron chi connectivity index (χ1n) is 6.31. The molecule has 0 aliphatic heterocycles. The molecule has 2 heterocycles. The second-order valence-corrected chi connectivity index (χ2v) is 6.51. The SMILES string of the molecule is NC(Cc1cc(Br)cs1)c1cnn(-c2ccccc2)c1. The Hall–Kier alpha value is -1.43. The molecule has 0 fully saturated rings. The van der Waals surface area contributed by atoms with Crippen molar-refractivity contribution in [3.05, 3.63) is 69.1 Å². The minimum atomic E-state index is -0.0296. The number of rotatable bonds is 4. The maximum atomic E-state index is 6.27. The number of halogens is 1. The Morgan fingerprint density at radius 1 is 1.30 bits per heavy atom. The molecule has 0 aliphatic carbocycles. The molecule has 0 aliphatic rings. The summed E-state index contributed by atoms with van der Waals surface area (Å²) >= 11 is 5.19. The minimum Gasteiger partial charge on any atom is -0.324 e. The van der Waals surface area contributed by atoms with E-state index in [0.717, 1.165) is 22.1 Å². The second-order valence-electron chi connectivity index (χ2n) is 4.60. The fourth-order valence-electron chi connectivity index (χ4n) is 2.05. The Morgan fingerprint density at radius 3 is 2.80 bits per heavy atom. The molecule has 5 heteroatoms. The monoisotopic (exact) mass is 347 g/mol. The van der Waals surface area contributed by atoms with E-state index in [0.29, 0.717) is 0 Å². The number of para-hydroxylation sites is 1. The molecule has 1 aromatic carbocycles. The molecule has 0 saturated heterocycles. The van der Waals surface area contributed by atoms with Crippen LogP contribution >= 0.6 is 27.3 Å². The van der Waals surface area contributed by atoms with Crippen molar-refractivity contribution in [3.8, 4) is 5.69 Å². The van der Waals surface area contributed by atoms with E-state index in [-0.39, 0.29) is 6.04 Å². The highest BCUT2D eigenvalue weighted by molar-refractivity contribution is 9.10. The fourth-order valence-corrected chi connectivity index (χ4v) is 3.56. The Kier molecular flexibility index (Phi) is 4.00. The normalized spacial score (nSPS) is 12.5. The molecule has 20 heavy (non-hydrogen) atoms. The van der Waals surface area contributed by atoms with Crippen LogP contribution in [-0.4, -0.2) is 9.78 Å². The lowest BCUT2D eigenvalue weighted by Crippen LogP contribution is -2.11. The van der Waals surface area contributed by atoms with Crippen molar-refractivity contribution in [2.75, 3.05) is 0 Å². The third-order valence-corrected chi connectivity index (χ3v) is 4.81. The number of benzene rings is 1. The largest absolute Gasteiger partial charge is 0.324 e. The zero-order valence-electron chi connectivity index (χ0n) is 10.7. The first kappa shape index (κ1) is 13.5.